The van der Waals surface area contributed by atoms with Gasteiger partial charge in [-0.05, 0) is 48.2 Å². The van der Waals surface area contributed by atoms with Crippen molar-refractivity contribution in [2.75, 3.05) is 12.3 Å². The second-order valence-corrected chi connectivity index (χ2v) is 10.3. The second-order valence-electron chi connectivity index (χ2n) is 10.3. The molecule has 0 radical (unpaired) electrons. The highest BCUT2D eigenvalue weighted by Crippen LogP contribution is 2.41. The molecule has 3 atom stereocenters. The summed E-state index contributed by atoms with van der Waals surface area (Å²) < 4.78 is 23.6. The molecule has 1 amide bonds. The van der Waals surface area contributed by atoms with Crippen molar-refractivity contribution >= 4 is 22.9 Å². The van der Waals surface area contributed by atoms with Gasteiger partial charge in [-0.15, -0.1) is 0 Å². The number of hydrogen-bond donors (Lipinski definition) is 2. The number of halogens is 1. The third-order valence-corrected chi connectivity index (χ3v) is 6.74. The van der Waals surface area contributed by atoms with E-state index in [9.17, 15) is 9.90 Å². The van der Waals surface area contributed by atoms with Gasteiger partial charge in [-0.1, -0.05) is 39.0 Å². The van der Waals surface area contributed by atoms with Crippen LogP contribution in [0.5, 0.6) is 11.5 Å². The van der Waals surface area contributed by atoms with E-state index in [1.165, 1.54) is 11.2 Å². The van der Waals surface area contributed by atoms with Gasteiger partial charge in [0.1, 0.15) is 35.5 Å². The molecule has 10 heteroatoms. The summed E-state index contributed by atoms with van der Waals surface area (Å²) in [5.41, 5.74) is 7.32. The van der Waals surface area contributed by atoms with Gasteiger partial charge in [0.25, 0.3) is 0 Å². The number of nitrogens with zero attached hydrogens (tertiary/aromatic N) is 5. The van der Waals surface area contributed by atoms with Crippen LogP contribution in [-0.2, 0) is 0 Å². The normalized spacial score (nSPS) is 20.2. The summed E-state index contributed by atoms with van der Waals surface area (Å²) in [4.78, 5) is 21.6. The highest BCUT2D eigenvalue weighted by atomic mass is 19.1. The molecule has 1 fully saturated rings. The molecule has 3 N–H and O–H groups in total. The molecule has 4 aromatic rings. The first kappa shape index (κ1) is 24.5. The number of hydrogen-bond acceptors (Lipinski definition) is 6. The molecule has 9 nitrogen and oxygen atoms in total. The molecule has 2 aromatic heterocycles. The summed E-state index contributed by atoms with van der Waals surface area (Å²) in [6, 6.07) is 15.3. The Kier molecular flexibility index (Phi) is 6.18. The lowest BCUT2D eigenvalue weighted by Crippen LogP contribution is -2.58. The number of para-hydroxylation sites is 1. The number of piperidine rings is 1. The van der Waals surface area contributed by atoms with E-state index in [0.29, 0.717) is 22.5 Å². The standard InChI is InChI=1S/C27H29FN6O3/c1-27(2,3)23-21(28)19(13-14-33(23)26(35)36)34-25-20(24(29)30-15-31-25)22(32-34)16-9-11-18(12-10-16)37-17-7-5-4-6-8-17/h4-12,15,19,21,23H,13-14H2,1-3H3,(H,35,36)(H2,29,30,31)/t19-,21-,23?/m1/s1. The predicted molar refractivity (Wildman–Crippen MR) is 138 cm³/mol. The first-order valence-electron chi connectivity index (χ1n) is 12.1. The fraction of sp³-hybridized carbons (Fsp3) is 0.333. The summed E-state index contributed by atoms with van der Waals surface area (Å²) >= 11 is 0. The average Bonchev–Trinajstić information content (AvgIpc) is 3.25. The van der Waals surface area contributed by atoms with E-state index in [2.05, 4.69) is 9.97 Å². The number of benzene rings is 2. The van der Waals surface area contributed by atoms with Crippen molar-refractivity contribution in [3.63, 3.8) is 0 Å². The molecule has 0 bridgehead atoms. The van der Waals surface area contributed by atoms with Gasteiger partial charge in [0.15, 0.2) is 5.65 Å². The number of rotatable bonds is 4. The van der Waals surface area contributed by atoms with E-state index >= 15 is 4.39 Å². The zero-order valence-corrected chi connectivity index (χ0v) is 20.9. The molecule has 2 aromatic carbocycles. The fourth-order valence-corrected chi connectivity index (χ4v) is 5.10. The molecule has 0 aliphatic carbocycles. The highest BCUT2D eigenvalue weighted by molar-refractivity contribution is 5.98. The van der Waals surface area contributed by atoms with Crippen LogP contribution in [0.2, 0.25) is 0 Å². The van der Waals surface area contributed by atoms with Crippen molar-refractivity contribution in [3.05, 3.63) is 60.9 Å². The number of alkyl halides is 1. The summed E-state index contributed by atoms with van der Waals surface area (Å²) in [6.07, 6.45) is -1.04. The second kappa shape index (κ2) is 9.34. The van der Waals surface area contributed by atoms with Gasteiger partial charge < -0.3 is 20.5 Å². The predicted octanol–water partition coefficient (Wildman–Crippen LogP) is 5.55. The van der Waals surface area contributed by atoms with E-state index in [0.717, 1.165) is 11.3 Å². The molecule has 1 saturated heterocycles. The summed E-state index contributed by atoms with van der Waals surface area (Å²) in [5.74, 6) is 1.61. The van der Waals surface area contributed by atoms with Gasteiger partial charge in [-0.3, -0.25) is 0 Å². The molecule has 192 valence electrons. The molecule has 3 heterocycles. The van der Waals surface area contributed by atoms with Crippen molar-refractivity contribution < 1.29 is 19.0 Å². The van der Waals surface area contributed by atoms with Gasteiger partial charge in [0.05, 0.1) is 17.5 Å². The van der Waals surface area contributed by atoms with Gasteiger partial charge in [-0.25, -0.2) is 23.8 Å². The number of nitrogens with two attached hydrogens (primary N) is 1. The van der Waals surface area contributed by atoms with Crippen LogP contribution >= 0.6 is 0 Å². The molecular weight excluding hydrogens is 475 g/mol. The number of carbonyl (C=O) groups is 1. The van der Waals surface area contributed by atoms with Gasteiger partial charge >= 0.3 is 6.09 Å². The number of carboxylic acid groups (broad SMARTS) is 1. The molecule has 1 unspecified atom stereocenters. The summed E-state index contributed by atoms with van der Waals surface area (Å²) in [7, 11) is 0. The van der Waals surface area contributed by atoms with E-state index in [1.54, 1.807) is 4.68 Å². The van der Waals surface area contributed by atoms with E-state index in [1.807, 2.05) is 75.4 Å². The summed E-state index contributed by atoms with van der Waals surface area (Å²) in [6.45, 7) is 5.71. The first-order chi connectivity index (χ1) is 17.6. The zero-order chi connectivity index (χ0) is 26.3. The number of ether oxygens (including phenoxy) is 1. The van der Waals surface area contributed by atoms with Crippen LogP contribution in [0.15, 0.2) is 60.9 Å². The van der Waals surface area contributed by atoms with Crippen LogP contribution in [0, 0.1) is 5.41 Å². The van der Waals surface area contributed by atoms with Crippen molar-refractivity contribution in [1.82, 2.24) is 24.6 Å². The Hall–Kier alpha value is -4.21. The van der Waals surface area contributed by atoms with Gasteiger partial charge in [0.2, 0.25) is 0 Å². The van der Waals surface area contributed by atoms with Crippen LogP contribution in [0.4, 0.5) is 15.0 Å². The maximum absolute atomic E-state index is 16.1. The molecular formula is C27H29FN6O3. The number of aromatic nitrogens is 4. The minimum Gasteiger partial charge on any atom is -0.465 e. The quantitative estimate of drug-likeness (QED) is 0.374. The first-order valence-corrected chi connectivity index (χ1v) is 12.1. The Morgan fingerprint density at radius 3 is 2.41 bits per heavy atom. The third kappa shape index (κ3) is 4.54. The smallest absolute Gasteiger partial charge is 0.407 e. The number of anilines is 1. The van der Waals surface area contributed by atoms with Gasteiger partial charge in [-0.2, -0.15) is 5.10 Å². The topological polar surface area (TPSA) is 119 Å². The SMILES string of the molecule is CC(C)(C)C1[C@H](F)[C@H](n2nc(-c3ccc(Oc4ccccc4)cc3)c3c(N)ncnc32)CCN1C(=O)O. The number of nitrogen functional groups attached to an aromatic ring is 1. The third-order valence-electron chi connectivity index (χ3n) is 6.74. The minimum absolute atomic E-state index is 0.186. The van der Waals surface area contributed by atoms with Crippen LogP contribution in [0.3, 0.4) is 0 Å². The lowest BCUT2D eigenvalue weighted by molar-refractivity contribution is -0.0197. The maximum atomic E-state index is 16.1. The van der Waals surface area contributed by atoms with Crippen molar-refractivity contribution in [3.8, 4) is 22.8 Å². The molecule has 0 saturated carbocycles. The Labute approximate surface area is 213 Å². The van der Waals surface area contributed by atoms with Crippen molar-refractivity contribution in [2.45, 2.75) is 45.4 Å². The lowest BCUT2D eigenvalue weighted by Gasteiger charge is -2.46. The Morgan fingerprint density at radius 2 is 1.76 bits per heavy atom. The van der Waals surface area contributed by atoms with E-state index < -0.39 is 29.8 Å². The Bertz CT molecular complexity index is 1420. The minimum atomic E-state index is -1.50. The number of likely N-dealkylation sites (tertiary alicyclic amines) is 1. The monoisotopic (exact) mass is 504 g/mol. The Morgan fingerprint density at radius 1 is 1.08 bits per heavy atom. The molecule has 0 spiro atoms. The number of amides is 1. The van der Waals surface area contributed by atoms with Crippen molar-refractivity contribution in [1.29, 1.82) is 0 Å². The summed E-state index contributed by atoms with van der Waals surface area (Å²) in [5, 5.41) is 15.0. The van der Waals surface area contributed by atoms with Crippen LogP contribution in [-0.4, -0.2) is 54.6 Å². The van der Waals surface area contributed by atoms with Crippen molar-refractivity contribution in [2.24, 2.45) is 5.41 Å². The fourth-order valence-electron chi connectivity index (χ4n) is 5.10. The van der Waals surface area contributed by atoms with Gasteiger partial charge in [0, 0.05) is 12.1 Å². The molecule has 5 rings (SSSR count). The average molecular weight is 505 g/mol. The molecule has 1 aliphatic rings. The zero-order valence-electron chi connectivity index (χ0n) is 20.9. The lowest BCUT2D eigenvalue weighted by atomic mass is 9.78. The van der Waals surface area contributed by atoms with E-state index in [4.69, 9.17) is 15.6 Å². The van der Waals surface area contributed by atoms with Crippen LogP contribution in [0.25, 0.3) is 22.3 Å². The highest BCUT2D eigenvalue weighted by Gasteiger charge is 2.48. The van der Waals surface area contributed by atoms with Crippen LogP contribution in [0.1, 0.15) is 33.2 Å². The molecule has 37 heavy (non-hydrogen) atoms. The number of fused-ring (bicyclic) bond motifs is 1. The largest absolute Gasteiger partial charge is 0.465 e. The van der Waals surface area contributed by atoms with E-state index in [-0.39, 0.29) is 18.8 Å². The van der Waals surface area contributed by atoms with Crippen LogP contribution < -0.4 is 10.5 Å². The Balaban J connectivity index is 1.54. The molecule has 1 aliphatic heterocycles. The maximum Gasteiger partial charge on any atom is 0.407 e.